The molecule has 6 nitrogen and oxygen atoms in total. The number of halogens is 6. The van der Waals surface area contributed by atoms with Crippen molar-refractivity contribution < 1.29 is 23.1 Å². The fraction of sp³-hybridized carbons (Fsp3) is 0.267. The van der Waals surface area contributed by atoms with Crippen molar-refractivity contribution in [3.05, 3.63) is 51.0 Å². The summed E-state index contributed by atoms with van der Waals surface area (Å²) in [6.45, 7) is 0.528. The van der Waals surface area contributed by atoms with Gasteiger partial charge in [0.2, 0.25) is 0 Å². The van der Waals surface area contributed by atoms with Gasteiger partial charge in [-0.2, -0.15) is 13.2 Å². The third-order valence-electron chi connectivity index (χ3n) is 3.48. The van der Waals surface area contributed by atoms with Crippen LogP contribution >= 0.6 is 34.8 Å². The molecule has 1 unspecified atom stereocenters. The summed E-state index contributed by atoms with van der Waals surface area (Å²) >= 11 is 17.5. The maximum Gasteiger partial charge on any atom is 0.421 e. The Labute approximate surface area is 166 Å². The Kier molecular flexibility index (Phi) is 6.41. The fourth-order valence-electron chi connectivity index (χ4n) is 1.88. The van der Waals surface area contributed by atoms with Crippen LogP contribution in [0.5, 0.6) is 0 Å². The van der Waals surface area contributed by atoms with E-state index in [-0.39, 0.29) is 28.1 Å². The normalized spacial score (nSPS) is 13.8. The van der Waals surface area contributed by atoms with Crippen molar-refractivity contribution in [1.29, 1.82) is 0 Å². The van der Waals surface area contributed by atoms with Crippen molar-refractivity contribution in [1.82, 2.24) is 15.3 Å². The van der Waals surface area contributed by atoms with Gasteiger partial charge >= 0.3 is 12.2 Å². The van der Waals surface area contributed by atoms with Crippen LogP contribution in [0.25, 0.3) is 0 Å². The maximum atomic E-state index is 12.9. The van der Waals surface area contributed by atoms with Crippen molar-refractivity contribution >= 4 is 46.5 Å². The van der Waals surface area contributed by atoms with Gasteiger partial charge in [0.15, 0.2) is 5.60 Å². The second kappa shape index (κ2) is 8.05. The number of benzene rings is 1. The summed E-state index contributed by atoms with van der Waals surface area (Å²) in [7, 11) is 0. The first-order valence-electron chi connectivity index (χ1n) is 7.21. The number of hydrogen-bond acceptors (Lipinski definition) is 4. The first-order valence-corrected chi connectivity index (χ1v) is 8.35. The summed E-state index contributed by atoms with van der Waals surface area (Å²) in [6, 6.07) is 1.00. The Balaban J connectivity index is 2.12. The summed E-state index contributed by atoms with van der Waals surface area (Å²) in [5.74, 6) is 0.281. The summed E-state index contributed by atoms with van der Waals surface area (Å²) < 4.78 is 38.8. The van der Waals surface area contributed by atoms with E-state index in [0.717, 1.165) is 12.1 Å². The molecule has 12 heteroatoms. The number of carbonyl (C=O) groups excluding carboxylic acids is 1. The molecular formula is C15H12Cl3F3N4O2. The van der Waals surface area contributed by atoms with E-state index >= 15 is 0 Å². The molecule has 2 amide bonds. The standard InChI is InChI=1S/C15H12Cl3F3N4O2/c1-14(27,15(19,20)21)7-2-9(17)12(10(18)3-7)25-13(26)24-6-11-22-4-8(16)5-23-11/h2-5,27H,6H2,1H3,(H2,24,25,26). The molecule has 146 valence electrons. The molecule has 0 radical (unpaired) electrons. The predicted octanol–water partition coefficient (Wildman–Crippen LogP) is 4.53. The van der Waals surface area contributed by atoms with Crippen LogP contribution in [0, 0.1) is 0 Å². The van der Waals surface area contributed by atoms with E-state index in [1.807, 2.05) is 0 Å². The molecule has 0 bridgehead atoms. The van der Waals surface area contributed by atoms with Crippen molar-refractivity contribution in [3.8, 4) is 0 Å². The van der Waals surface area contributed by atoms with Gasteiger partial charge in [0.1, 0.15) is 5.82 Å². The largest absolute Gasteiger partial charge is 0.421 e. The van der Waals surface area contributed by atoms with Gasteiger partial charge in [-0.25, -0.2) is 14.8 Å². The smallest absolute Gasteiger partial charge is 0.376 e. The minimum absolute atomic E-state index is 0.0426. The Bertz CT molecular complexity index is 822. The molecule has 2 rings (SSSR count). The third-order valence-corrected chi connectivity index (χ3v) is 4.27. The third kappa shape index (κ3) is 5.13. The van der Waals surface area contributed by atoms with Gasteiger partial charge in [0.05, 0.1) is 27.3 Å². The van der Waals surface area contributed by atoms with Gasteiger partial charge in [-0.3, -0.25) is 0 Å². The fourth-order valence-corrected chi connectivity index (χ4v) is 2.56. The van der Waals surface area contributed by atoms with Gasteiger partial charge in [0, 0.05) is 12.4 Å². The van der Waals surface area contributed by atoms with Gasteiger partial charge < -0.3 is 15.7 Å². The van der Waals surface area contributed by atoms with Crippen LogP contribution in [0.2, 0.25) is 15.1 Å². The number of anilines is 1. The lowest BCUT2D eigenvalue weighted by molar-refractivity contribution is -0.258. The average molecular weight is 444 g/mol. The molecule has 0 aliphatic carbocycles. The van der Waals surface area contributed by atoms with E-state index in [4.69, 9.17) is 34.8 Å². The quantitative estimate of drug-likeness (QED) is 0.648. The van der Waals surface area contributed by atoms with Crippen LogP contribution in [0.3, 0.4) is 0 Å². The lowest BCUT2D eigenvalue weighted by Gasteiger charge is -2.27. The first kappa shape index (κ1) is 21.5. The van der Waals surface area contributed by atoms with E-state index < -0.39 is 23.4 Å². The van der Waals surface area contributed by atoms with Gasteiger partial charge in [-0.15, -0.1) is 0 Å². The molecule has 1 heterocycles. The van der Waals surface area contributed by atoms with Crippen LogP contribution in [-0.2, 0) is 12.1 Å². The molecule has 3 N–H and O–H groups in total. The van der Waals surface area contributed by atoms with E-state index in [9.17, 15) is 23.1 Å². The highest BCUT2D eigenvalue weighted by Gasteiger charge is 2.51. The molecule has 1 aromatic heterocycles. The molecule has 1 atom stereocenters. The van der Waals surface area contributed by atoms with Crippen molar-refractivity contribution in [2.45, 2.75) is 25.2 Å². The highest BCUT2D eigenvalue weighted by Crippen LogP contribution is 2.42. The van der Waals surface area contributed by atoms with Gasteiger partial charge in [0.25, 0.3) is 0 Å². The van der Waals surface area contributed by atoms with Crippen LogP contribution in [0.1, 0.15) is 18.3 Å². The topological polar surface area (TPSA) is 87.1 Å². The highest BCUT2D eigenvalue weighted by atomic mass is 35.5. The number of amides is 2. The number of alkyl halides is 3. The molecular weight excluding hydrogens is 432 g/mol. The minimum Gasteiger partial charge on any atom is -0.376 e. The highest BCUT2D eigenvalue weighted by molar-refractivity contribution is 6.39. The Morgan fingerprint density at radius 3 is 2.15 bits per heavy atom. The molecule has 1 aromatic carbocycles. The molecule has 0 fully saturated rings. The number of aliphatic hydroxyl groups is 1. The van der Waals surface area contributed by atoms with Crippen LogP contribution < -0.4 is 10.6 Å². The zero-order valence-corrected chi connectivity index (χ0v) is 15.8. The number of nitrogens with one attached hydrogen (secondary N) is 2. The number of hydrogen-bond donors (Lipinski definition) is 3. The van der Waals surface area contributed by atoms with Crippen LogP contribution in [0.15, 0.2) is 24.5 Å². The number of aromatic nitrogens is 2. The van der Waals surface area contributed by atoms with Crippen molar-refractivity contribution in [2.24, 2.45) is 0 Å². The number of urea groups is 1. The van der Waals surface area contributed by atoms with E-state index in [2.05, 4.69) is 20.6 Å². The predicted molar refractivity (Wildman–Crippen MR) is 95.0 cm³/mol. The monoisotopic (exact) mass is 442 g/mol. The number of carbonyl (C=O) groups is 1. The summed E-state index contributed by atoms with van der Waals surface area (Å²) in [4.78, 5) is 19.7. The van der Waals surface area contributed by atoms with Gasteiger partial charge in [-0.05, 0) is 24.6 Å². The molecule has 2 aromatic rings. The Morgan fingerprint density at radius 1 is 1.15 bits per heavy atom. The molecule has 0 saturated heterocycles. The molecule has 0 spiro atoms. The van der Waals surface area contributed by atoms with Crippen molar-refractivity contribution in [3.63, 3.8) is 0 Å². The second-order valence-corrected chi connectivity index (χ2v) is 6.76. The summed E-state index contributed by atoms with van der Waals surface area (Å²) in [5.41, 5.74) is -3.84. The molecule has 27 heavy (non-hydrogen) atoms. The SMILES string of the molecule is CC(O)(c1cc(Cl)c(NC(=O)NCc2ncc(Cl)cn2)c(Cl)c1)C(F)(F)F. The Hall–Kier alpha value is -1.81. The average Bonchev–Trinajstić information content (AvgIpc) is 2.56. The van der Waals surface area contributed by atoms with E-state index in [1.165, 1.54) is 12.4 Å². The second-order valence-electron chi connectivity index (χ2n) is 5.51. The first-order chi connectivity index (χ1) is 12.4. The molecule has 0 aliphatic rings. The van der Waals surface area contributed by atoms with E-state index in [1.54, 1.807) is 0 Å². The molecule has 0 saturated carbocycles. The molecule has 0 aliphatic heterocycles. The maximum absolute atomic E-state index is 12.9. The zero-order valence-electron chi connectivity index (χ0n) is 13.5. The van der Waals surface area contributed by atoms with Crippen LogP contribution in [0.4, 0.5) is 23.7 Å². The summed E-state index contributed by atoms with van der Waals surface area (Å²) in [5, 5.41) is 14.2. The minimum atomic E-state index is -4.94. The zero-order chi connectivity index (χ0) is 20.4. The lowest BCUT2D eigenvalue weighted by atomic mass is 9.95. The van der Waals surface area contributed by atoms with E-state index in [0.29, 0.717) is 11.9 Å². The van der Waals surface area contributed by atoms with Crippen LogP contribution in [-0.4, -0.2) is 27.3 Å². The van der Waals surface area contributed by atoms with Crippen molar-refractivity contribution in [2.75, 3.05) is 5.32 Å². The number of nitrogens with zero attached hydrogens (tertiary/aromatic N) is 2. The van der Waals surface area contributed by atoms with Gasteiger partial charge in [-0.1, -0.05) is 34.8 Å². The number of rotatable bonds is 4. The lowest BCUT2D eigenvalue weighted by Crippen LogP contribution is -2.39. The summed E-state index contributed by atoms with van der Waals surface area (Å²) in [6.07, 6.45) is -2.24. The Morgan fingerprint density at radius 2 is 1.67 bits per heavy atom.